The van der Waals surface area contributed by atoms with Gasteiger partial charge < -0.3 is 4.90 Å². The molecule has 1 aromatic heterocycles. The fraction of sp³-hybridized carbons (Fsp3) is 0.750. The molecule has 1 rings (SSSR count). The van der Waals surface area contributed by atoms with Crippen molar-refractivity contribution in [1.29, 1.82) is 0 Å². The van der Waals surface area contributed by atoms with Gasteiger partial charge in [0.15, 0.2) is 0 Å². The van der Waals surface area contributed by atoms with E-state index in [0.29, 0.717) is 17.4 Å². The van der Waals surface area contributed by atoms with Crippen molar-refractivity contribution in [3.05, 3.63) is 11.2 Å². The fourth-order valence-electron chi connectivity index (χ4n) is 2.83. The van der Waals surface area contributed by atoms with Crippen LogP contribution in [0.25, 0.3) is 0 Å². The third-order valence-corrected chi connectivity index (χ3v) is 4.59. The summed E-state index contributed by atoms with van der Waals surface area (Å²) in [5, 5.41) is 3.07. The molecule has 0 radical (unpaired) electrons. The number of amides is 1. The summed E-state index contributed by atoms with van der Waals surface area (Å²) in [7, 11) is 3.74. The number of unbranched alkanes of at least 4 members (excludes halogenated alkanes) is 10. The molecule has 0 unspecified atom stereocenters. The molecule has 0 aliphatic rings. The van der Waals surface area contributed by atoms with E-state index in [1.807, 2.05) is 19.0 Å². The molecule has 1 N–H and O–H groups in total. The monoisotopic (exact) mass is 382 g/mol. The van der Waals surface area contributed by atoms with Crippen molar-refractivity contribution in [1.82, 2.24) is 9.97 Å². The zero-order valence-electron chi connectivity index (χ0n) is 16.7. The van der Waals surface area contributed by atoms with Crippen molar-refractivity contribution in [2.24, 2.45) is 0 Å². The number of hydrogen-bond donors (Lipinski definition) is 1. The SMILES string of the molecule is CCCCCCCCCCCCCC(=O)Nc1nc(Cl)cc(N(C)C)n1. The average molecular weight is 383 g/mol. The molecule has 26 heavy (non-hydrogen) atoms. The molecule has 0 aromatic carbocycles. The number of carbonyl (C=O) groups is 1. The van der Waals surface area contributed by atoms with Crippen LogP contribution in [-0.2, 0) is 4.79 Å². The van der Waals surface area contributed by atoms with Crippen molar-refractivity contribution in [2.45, 2.75) is 84.0 Å². The number of carbonyl (C=O) groups excluding carboxylic acids is 1. The van der Waals surface area contributed by atoms with Crippen LogP contribution in [-0.4, -0.2) is 30.0 Å². The van der Waals surface area contributed by atoms with Crippen LogP contribution in [0.5, 0.6) is 0 Å². The van der Waals surface area contributed by atoms with Crippen LogP contribution in [0.2, 0.25) is 5.15 Å². The zero-order chi connectivity index (χ0) is 19.2. The zero-order valence-corrected chi connectivity index (χ0v) is 17.4. The molecule has 1 aromatic rings. The fourth-order valence-corrected chi connectivity index (χ4v) is 3.01. The van der Waals surface area contributed by atoms with E-state index in [9.17, 15) is 4.79 Å². The van der Waals surface area contributed by atoms with Gasteiger partial charge in [0.05, 0.1) is 0 Å². The van der Waals surface area contributed by atoms with Crippen molar-refractivity contribution in [3.8, 4) is 0 Å². The summed E-state index contributed by atoms with van der Waals surface area (Å²) in [6, 6.07) is 1.67. The maximum atomic E-state index is 12.0. The Hall–Kier alpha value is -1.36. The number of aromatic nitrogens is 2. The number of hydrogen-bond acceptors (Lipinski definition) is 4. The highest BCUT2D eigenvalue weighted by Gasteiger charge is 2.08. The minimum atomic E-state index is -0.0482. The molecule has 0 saturated heterocycles. The van der Waals surface area contributed by atoms with Gasteiger partial charge in [-0.3, -0.25) is 10.1 Å². The first-order chi connectivity index (χ1) is 12.5. The molecule has 0 aliphatic carbocycles. The lowest BCUT2D eigenvalue weighted by Gasteiger charge is -2.12. The topological polar surface area (TPSA) is 58.1 Å². The summed E-state index contributed by atoms with van der Waals surface area (Å²) in [6.45, 7) is 2.25. The van der Waals surface area contributed by atoms with E-state index in [1.54, 1.807) is 6.07 Å². The number of rotatable bonds is 14. The second kappa shape index (κ2) is 13.8. The Morgan fingerprint density at radius 1 is 0.962 bits per heavy atom. The summed E-state index contributed by atoms with van der Waals surface area (Å²) < 4.78 is 0. The van der Waals surface area contributed by atoms with Crippen molar-refractivity contribution in [3.63, 3.8) is 0 Å². The Bertz CT molecular complexity index is 523. The largest absolute Gasteiger partial charge is 0.363 e. The number of nitrogens with one attached hydrogen (secondary N) is 1. The van der Waals surface area contributed by atoms with Gasteiger partial charge in [0.2, 0.25) is 11.9 Å². The van der Waals surface area contributed by atoms with E-state index < -0.39 is 0 Å². The molecule has 1 amide bonds. The molecule has 0 atom stereocenters. The maximum absolute atomic E-state index is 12.0. The highest BCUT2D eigenvalue weighted by atomic mass is 35.5. The van der Waals surface area contributed by atoms with Crippen LogP contribution in [0.4, 0.5) is 11.8 Å². The third kappa shape index (κ3) is 10.6. The van der Waals surface area contributed by atoms with Gasteiger partial charge in [-0.2, -0.15) is 4.98 Å². The second-order valence-corrected chi connectivity index (χ2v) is 7.49. The van der Waals surface area contributed by atoms with Gasteiger partial charge in [-0.15, -0.1) is 0 Å². The summed E-state index contributed by atoms with van der Waals surface area (Å²) in [5.41, 5.74) is 0. The molecule has 0 aliphatic heterocycles. The summed E-state index contributed by atoms with van der Waals surface area (Å²) in [5.74, 6) is 0.900. The Morgan fingerprint density at radius 2 is 1.50 bits per heavy atom. The van der Waals surface area contributed by atoms with Gasteiger partial charge in [-0.25, -0.2) is 4.98 Å². The molecule has 0 spiro atoms. The molecule has 5 nitrogen and oxygen atoms in total. The van der Waals surface area contributed by atoms with Gasteiger partial charge in [0.25, 0.3) is 0 Å². The van der Waals surface area contributed by atoms with Crippen LogP contribution in [0, 0.1) is 0 Å². The molecular formula is C20H35ClN4O. The number of anilines is 2. The van der Waals surface area contributed by atoms with E-state index in [1.165, 1.54) is 57.8 Å². The quantitative estimate of drug-likeness (QED) is 0.324. The van der Waals surface area contributed by atoms with E-state index in [4.69, 9.17) is 11.6 Å². The van der Waals surface area contributed by atoms with E-state index in [2.05, 4.69) is 22.2 Å². The molecule has 1 heterocycles. The van der Waals surface area contributed by atoms with Gasteiger partial charge >= 0.3 is 0 Å². The summed E-state index contributed by atoms with van der Waals surface area (Å²) >= 11 is 5.97. The molecule has 0 saturated carbocycles. The molecule has 148 valence electrons. The van der Waals surface area contributed by atoms with Crippen LogP contribution < -0.4 is 10.2 Å². The van der Waals surface area contributed by atoms with Gasteiger partial charge in [0, 0.05) is 26.6 Å². The highest BCUT2D eigenvalue weighted by molar-refractivity contribution is 6.29. The molecule has 0 bridgehead atoms. The van der Waals surface area contributed by atoms with Crippen LogP contribution in [0.15, 0.2) is 6.07 Å². The second-order valence-electron chi connectivity index (χ2n) is 7.10. The number of nitrogens with zero attached hydrogens (tertiary/aromatic N) is 3. The minimum absolute atomic E-state index is 0.0482. The van der Waals surface area contributed by atoms with Crippen molar-refractivity contribution in [2.75, 3.05) is 24.3 Å². The molecule has 6 heteroatoms. The van der Waals surface area contributed by atoms with Crippen LogP contribution in [0.3, 0.4) is 0 Å². The normalized spacial score (nSPS) is 10.8. The smallest absolute Gasteiger partial charge is 0.232 e. The Kier molecular flexibility index (Phi) is 12.0. The Balaban J connectivity index is 2.09. The van der Waals surface area contributed by atoms with Crippen LogP contribution in [0.1, 0.15) is 84.0 Å². The van der Waals surface area contributed by atoms with Gasteiger partial charge in [-0.1, -0.05) is 82.7 Å². The predicted molar refractivity (Wildman–Crippen MR) is 111 cm³/mol. The first kappa shape index (κ1) is 22.7. The van der Waals surface area contributed by atoms with Crippen molar-refractivity contribution >= 4 is 29.3 Å². The highest BCUT2D eigenvalue weighted by Crippen LogP contribution is 2.17. The standard InChI is InChI=1S/C20H35ClN4O/c1-4-5-6-7-8-9-10-11-12-13-14-15-19(26)24-20-22-17(21)16-18(23-20)25(2)3/h16H,4-15H2,1-3H3,(H,22,23,24,26). The maximum Gasteiger partial charge on any atom is 0.232 e. The predicted octanol–water partition coefficient (Wildman–Crippen LogP) is 5.84. The first-order valence-electron chi connectivity index (χ1n) is 10.0. The lowest BCUT2D eigenvalue weighted by atomic mass is 10.1. The van der Waals surface area contributed by atoms with Gasteiger partial charge in [-0.05, 0) is 6.42 Å². The lowest BCUT2D eigenvalue weighted by molar-refractivity contribution is -0.116. The van der Waals surface area contributed by atoms with E-state index in [-0.39, 0.29) is 11.9 Å². The molecular weight excluding hydrogens is 348 g/mol. The van der Waals surface area contributed by atoms with E-state index >= 15 is 0 Å². The van der Waals surface area contributed by atoms with E-state index in [0.717, 1.165) is 12.8 Å². The average Bonchev–Trinajstić information content (AvgIpc) is 2.59. The Morgan fingerprint density at radius 3 is 2.04 bits per heavy atom. The Labute approximate surface area is 163 Å². The van der Waals surface area contributed by atoms with Crippen molar-refractivity contribution < 1.29 is 4.79 Å². The summed E-state index contributed by atoms with van der Waals surface area (Å²) in [6.07, 6.45) is 14.5. The molecule has 0 fully saturated rings. The summed E-state index contributed by atoms with van der Waals surface area (Å²) in [4.78, 5) is 22.2. The third-order valence-electron chi connectivity index (χ3n) is 4.40. The lowest BCUT2D eigenvalue weighted by Crippen LogP contribution is -2.16. The van der Waals surface area contributed by atoms with Crippen LogP contribution >= 0.6 is 11.6 Å². The number of halogens is 1. The first-order valence-corrected chi connectivity index (χ1v) is 10.4. The van der Waals surface area contributed by atoms with Gasteiger partial charge in [0.1, 0.15) is 11.0 Å². The minimum Gasteiger partial charge on any atom is -0.363 e.